The van der Waals surface area contributed by atoms with Crippen LogP contribution in [0, 0.1) is 20.8 Å². The summed E-state index contributed by atoms with van der Waals surface area (Å²) in [4.78, 5) is 42.7. The van der Waals surface area contributed by atoms with Crippen molar-refractivity contribution < 1.29 is 19.1 Å². The molecular formula is C30H42ClN3O4S. The second-order valence-electron chi connectivity index (χ2n) is 11.4. The highest BCUT2D eigenvalue weighted by atomic mass is 35.5. The third-order valence-corrected chi connectivity index (χ3v) is 7.31. The van der Waals surface area contributed by atoms with Gasteiger partial charge in [0.25, 0.3) is 5.91 Å². The minimum atomic E-state index is -1.03. The van der Waals surface area contributed by atoms with E-state index in [0.29, 0.717) is 22.7 Å². The summed E-state index contributed by atoms with van der Waals surface area (Å²) in [6.45, 7) is 16.7. The minimum absolute atomic E-state index is 0.0130. The first-order valence-corrected chi connectivity index (χ1v) is 14.1. The van der Waals surface area contributed by atoms with Crippen molar-refractivity contribution in [1.82, 2.24) is 10.2 Å². The van der Waals surface area contributed by atoms with E-state index in [1.54, 1.807) is 31.7 Å². The minimum Gasteiger partial charge on any atom is -0.444 e. The van der Waals surface area contributed by atoms with Crippen LogP contribution < -0.4 is 10.6 Å². The smallest absolute Gasteiger partial charge is 0.408 e. The predicted octanol–water partition coefficient (Wildman–Crippen LogP) is 6.79. The van der Waals surface area contributed by atoms with Crippen LogP contribution in [0.5, 0.6) is 0 Å². The van der Waals surface area contributed by atoms with Crippen molar-refractivity contribution in [3.63, 3.8) is 0 Å². The maximum absolute atomic E-state index is 14.3. The quantitative estimate of drug-likeness (QED) is 0.287. The Morgan fingerprint density at radius 1 is 1.03 bits per heavy atom. The second kappa shape index (κ2) is 13.1. The molecule has 0 bridgehead atoms. The number of carbonyl (C=O) groups excluding carboxylic acids is 3. The van der Waals surface area contributed by atoms with Crippen LogP contribution in [0.25, 0.3) is 0 Å². The molecule has 0 spiro atoms. The number of alkyl carbamates (subject to hydrolysis) is 1. The van der Waals surface area contributed by atoms with Crippen molar-refractivity contribution in [2.45, 2.75) is 92.0 Å². The second-order valence-corrected chi connectivity index (χ2v) is 12.2. The molecule has 2 aromatic carbocycles. The van der Waals surface area contributed by atoms with E-state index in [-0.39, 0.29) is 5.75 Å². The zero-order valence-electron chi connectivity index (χ0n) is 24.4. The van der Waals surface area contributed by atoms with E-state index in [2.05, 4.69) is 23.3 Å². The third-order valence-electron chi connectivity index (χ3n) is 6.63. The van der Waals surface area contributed by atoms with E-state index in [9.17, 15) is 14.4 Å². The number of ether oxygens (including phenoxy) is 1. The Morgan fingerprint density at radius 2 is 1.67 bits per heavy atom. The predicted molar refractivity (Wildman–Crippen MR) is 162 cm³/mol. The van der Waals surface area contributed by atoms with Gasteiger partial charge in [-0.3, -0.25) is 9.59 Å². The fourth-order valence-corrected chi connectivity index (χ4v) is 4.70. The number of benzene rings is 2. The molecule has 7 nitrogen and oxygen atoms in total. The molecule has 0 saturated heterocycles. The molecule has 2 N–H and O–H groups in total. The zero-order chi connectivity index (χ0) is 29.7. The summed E-state index contributed by atoms with van der Waals surface area (Å²) < 4.78 is 5.40. The summed E-state index contributed by atoms with van der Waals surface area (Å²) in [5.41, 5.74) is 2.24. The highest BCUT2D eigenvalue weighted by Crippen LogP contribution is 2.36. The number of rotatable bonds is 9. The zero-order valence-corrected chi connectivity index (χ0v) is 26.1. The number of halogens is 1. The van der Waals surface area contributed by atoms with E-state index in [1.807, 2.05) is 71.9 Å². The average Bonchev–Trinajstić information content (AvgIpc) is 2.83. The maximum atomic E-state index is 14.3. The van der Waals surface area contributed by atoms with E-state index >= 15 is 0 Å². The molecule has 2 atom stereocenters. The molecule has 39 heavy (non-hydrogen) atoms. The summed E-state index contributed by atoms with van der Waals surface area (Å²) in [6.07, 6.45) is -0.187. The monoisotopic (exact) mass is 575 g/mol. The molecule has 9 heteroatoms. The van der Waals surface area contributed by atoms with Gasteiger partial charge in [0, 0.05) is 11.3 Å². The van der Waals surface area contributed by atoms with Gasteiger partial charge in [-0.15, -0.1) is 0 Å². The van der Waals surface area contributed by atoms with Gasteiger partial charge in [-0.25, -0.2) is 4.79 Å². The molecule has 2 rings (SSSR count). The van der Waals surface area contributed by atoms with Crippen LogP contribution in [0.2, 0.25) is 5.02 Å². The van der Waals surface area contributed by atoms with Crippen LogP contribution in [0.4, 0.5) is 10.5 Å². The van der Waals surface area contributed by atoms with Gasteiger partial charge in [-0.05, 0) is 84.6 Å². The number of aryl methyl sites for hydroxylation is 3. The molecule has 0 aliphatic rings. The highest BCUT2D eigenvalue weighted by Gasteiger charge is 2.43. The Balaban J connectivity index is 2.69. The number of thiol groups is 1. The standard InChI is InChI=1S/C30H42ClN3O4S/c1-10-30(8,9)34(27(36)23(17-39)32-28(37)38-29(5,6)7)25(21-16-18(2)14-15-19(21)3)26(35)33-24-20(4)12-11-13-22(24)31/h11-16,23,25,39H,10,17H2,1-9H3,(H,32,37)(H,33,35). The van der Waals surface area contributed by atoms with Gasteiger partial charge in [0.15, 0.2) is 0 Å². The molecule has 214 valence electrons. The van der Waals surface area contributed by atoms with Crippen LogP contribution in [0.15, 0.2) is 36.4 Å². The number of hydrogen-bond acceptors (Lipinski definition) is 5. The largest absolute Gasteiger partial charge is 0.444 e. The molecule has 0 fully saturated rings. The molecule has 0 saturated carbocycles. The number of nitrogens with zero attached hydrogens (tertiary/aromatic N) is 1. The van der Waals surface area contributed by atoms with Crippen LogP contribution in [-0.4, -0.2) is 45.7 Å². The Bertz CT molecular complexity index is 1190. The van der Waals surface area contributed by atoms with Crippen LogP contribution in [0.3, 0.4) is 0 Å². The average molecular weight is 576 g/mol. The number of amides is 3. The Labute approximate surface area is 243 Å². The molecule has 0 radical (unpaired) electrons. The fraction of sp³-hybridized carbons (Fsp3) is 0.500. The molecule has 2 unspecified atom stereocenters. The van der Waals surface area contributed by atoms with Crippen molar-refractivity contribution in [3.05, 3.63) is 63.7 Å². The molecule has 3 amide bonds. The molecule has 0 aliphatic carbocycles. The van der Waals surface area contributed by atoms with E-state index in [1.165, 1.54) is 0 Å². The molecule has 0 aliphatic heterocycles. The fourth-order valence-electron chi connectivity index (χ4n) is 4.18. The van der Waals surface area contributed by atoms with Gasteiger partial charge < -0.3 is 20.3 Å². The van der Waals surface area contributed by atoms with Gasteiger partial charge in [-0.2, -0.15) is 12.6 Å². The van der Waals surface area contributed by atoms with Gasteiger partial charge in [-0.1, -0.05) is 54.4 Å². The Kier molecular flexibility index (Phi) is 10.9. The van der Waals surface area contributed by atoms with E-state index in [4.69, 9.17) is 16.3 Å². The van der Waals surface area contributed by atoms with Crippen LogP contribution in [-0.2, 0) is 14.3 Å². The summed E-state index contributed by atoms with van der Waals surface area (Å²) >= 11 is 10.8. The number of nitrogens with one attached hydrogen (secondary N) is 2. The van der Waals surface area contributed by atoms with Crippen LogP contribution in [0.1, 0.15) is 76.3 Å². The van der Waals surface area contributed by atoms with Crippen molar-refractivity contribution in [2.24, 2.45) is 0 Å². The van der Waals surface area contributed by atoms with Crippen molar-refractivity contribution in [2.75, 3.05) is 11.1 Å². The lowest BCUT2D eigenvalue weighted by atomic mass is 9.89. The summed E-state index contributed by atoms with van der Waals surface area (Å²) in [5, 5.41) is 6.04. The normalized spacial score (nSPS) is 13.3. The first-order valence-electron chi connectivity index (χ1n) is 13.1. The number of carbonyl (C=O) groups is 3. The van der Waals surface area contributed by atoms with Gasteiger partial charge in [0.2, 0.25) is 5.91 Å². The Hall–Kier alpha value is -2.71. The van der Waals surface area contributed by atoms with Crippen molar-refractivity contribution >= 4 is 47.8 Å². The highest BCUT2D eigenvalue weighted by molar-refractivity contribution is 7.80. The van der Waals surface area contributed by atoms with Crippen molar-refractivity contribution in [3.8, 4) is 0 Å². The third kappa shape index (κ3) is 8.39. The molecule has 0 aromatic heterocycles. The summed E-state index contributed by atoms with van der Waals surface area (Å²) in [7, 11) is 0. The molecule has 2 aromatic rings. The van der Waals surface area contributed by atoms with E-state index in [0.717, 1.165) is 16.7 Å². The number of para-hydroxylation sites is 1. The van der Waals surface area contributed by atoms with Gasteiger partial charge in [0.1, 0.15) is 17.7 Å². The van der Waals surface area contributed by atoms with Gasteiger partial charge >= 0.3 is 6.09 Å². The van der Waals surface area contributed by atoms with Crippen LogP contribution >= 0.6 is 24.2 Å². The maximum Gasteiger partial charge on any atom is 0.408 e. The topological polar surface area (TPSA) is 87.7 Å². The first kappa shape index (κ1) is 32.5. The van der Waals surface area contributed by atoms with E-state index < -0.39 is 41.1 Å². The Morgan fingerprint density at radius 3 is 2.21 bits per heavy atom. The lowest BCUT2D eigenvalue weighted by Crippen LogP contribution is -2.59. The van der Waals surface area contributed by atoms with Gasteiger partial charge in [0.05, 0.1) is 10.7 Å². The lowest BCUT2D eigenvalue weighted by molar-refractivity contribution is -0.147. The number of anilines is 1. The SMILES string of the molecule is CCC(C)(C)N(C(=O)C(CS)NC(=O)OC(C)(C)C)C(C(=O)Nc1c(C)cccc1Cl)c1cc(C)ccc1C. The summed E-state index contributed by atoms with van der Waals surface area (Å²) in [5.74, 6) is -0.844. The first-order chi connectivity index (χ1) is 18.0. The molecular weight excluding hydrogens is 534 g/mol. The number of hydrogen-bond donors (Lipinski definition) is 3. The summed E-state index contributed by atoms with van der Waals surface area (Å²) in [6, 6.07) is 9.13. The lowest BCUT2D eigenvalue weighted by Gasteiger charge is -2.45. The molecule has 0 heterocycles. The van der Waals surface area contributed by atoms with Crippen molar-refractivity contribution in [1.29, 1.82) is 0 Å².